The van der Waals surface area contributed by atoms with Crippen molar-refractivity contribution in [1.82, 2.24) is 15.1 Å². The van der Waals surface area contributed by atoms with Gasteiger partial charge in [0.1, 0.15) is 5.01 Å². The van der Waals surface area contributed by atoms with Crippen LogP contribution < -0.4 is 10.6 Å². The Balaban J connectivity index is 1.38. The average molecular weight is 436 g/mol. The number of rotatable bonds is 4. The van der Waals surface area contributed by atoms with E-state index in [4.69, 9.17) is 0 Å². The molecular formula is C23H25N5O2S. The Hall–Kier alpha value is -3.26. The first-order valence-corrected chi connectivity index (χ1v) is 11.1. The van der Waals surface area contributed by atoms with Gasteiger partial charge >= 0.3 is 6.03 Å². The number of benzene rings is 2. The highest BCUT2D eigenvalue weighted by molar-refractivity contribution is 7.13. The van der Waals surface area contributed by atoms with Gasteiger partial charge in [-0.3, -0.25) is 4.79 Å². The molecule has 1 atom stereocenters. The number of likely N-dealkylation sites (tertiary alicyclic amines) is 1. The second-order valence-electron chi connectivity index (χ2n) is 7.78. The fraction of sp³-hybridized carbons (Fsp3) is 0.304. The number of carbonyl (C=O) groups excluding carboxylic acids is 2. The third kappa shape index (κ3) is 5.08. The molecule has 3 aromatic rings. The minimum atomic E-state index is -0.268. The summed E-state index contributed by atoms with van der Waals surface area (Å²) in [5.41, 5.74) is 3.85. The number of urea groups is 1. The quantitative estimate of drug-likeness (QED) is 0.615. The minimum absolute atomic E-state index is 0.0787. The molecule has 2 aromatic carbocycles. The molecule has 0 radical (unpaired) electrons. The van der Waals surface area contributed by atoms with E-state index >= 15 is 0 Å². The molecule has 2 N–H and O–H groups in total. The molecular weight excluding hydrogens is 410 g/mol. The lowest BCUT2D eigenvalue weighted by Crippen LogP contribution is -2.41. The lowest BCUT2D eigenvalue weighted by molar-refractivity contribution is 0.102. The smallest absolute Gasteiger partial charge is 0.321 e. The van der Waals surface area contributed by atoms with Crippen molar-refractivity contribution in [2.24, 2.45) is 0 Å². The van der Waals surface area contributed by atoms with Crippen molar-refractivity contribution in [3.05, 3.63) is 69.7 Å². The van der Waals surface area contributed by atoms with Crippen LogP contribution in [0.15, 0.2) is 48.5 Å². The summed E-state index contributed by atoms with van der Waals surface area (Å²) in [5, 5.41) is 15.3. The zero-order valence-electron chi connectivity index (χ0n) is 17.6. The number of hydrogen-bond donors (Lipinski definition) is 2. The van der Waals surface area contributed by atoms with Crippen LogP contribution in [0, 0.1) is 13.8 Å². The highest BCUT2D eigenvalue weighted by Gasteiger charge is 2.28. The summed E-state index contributed by atoms with van der Waals surface area (Å²) in [7, 11) is 0. The van der Waals surface area contributed by atoms with Crippen LogP contribution in [0.3, 0.4) is 0 Å². The normalized spacial score (nSPS) is 16.1. The molecule has 1 saturated heterocycles. The van der Waals surface area contributed by atoms with Gasteiger partial charge in [0.2, 0.25) is 5.01 Å². The molecule has 0 aliphatic carbocycles. The largest absolute Gasteiger partial charge is 0.324 e. The van der Waals surface area contributed by atoms with Gasteiger partial charge in [0.15, 0.2) is 0 Å². The molecule has 0 bridgehead atoms. The third-order valence-electron chi connectivity index (χ3n) is 5.48. The first-order chi connectivity index (χ1) is 15.0. The van der Waals surface area contributed by atoms with E-state index in [1.807, 2.05) is 67.3 Å². The SMILES string of the molecule is Cc1ccc(NC(=O)N2CCC[C@@H](c3nnc(C(=O)Nc4ccccc4)s3)C2)cc1C. The Morgan fingerprint density at radius 2 is 1.81 bits per heavy atom. The van der Waals surface area contributed by atoms with Crippen LogP contribution in [0.1, 0.15) is 44.7 Å². The molecule has 31 heavy (non-hydrogen) atoms. The molecule has 0 saturated carbocycles. The Kier molecular flexibility index (Phi) is 6.27. The molecule has 0 spiro atoms. The van der Waals surface area contributed by atoms with Gasteiger partial charge in [-0.15, -0.1) is 10.2 Å². The van der Waals surface area contributed by atoms with Crippen LogP contribution >= 0.6 is 11.3 Å². The summed E-state index contributed by atoms with van der Waals surface area (Å²) >= 11 is 1.30. The number of nitrogens with one attached hydrogen (secondary N) is 2. The Morgan fingerprint density at radius 1 is 1.00 bits per heavy atom. The zero-order chi connectivity index (χ0) is 21.8. The molecule has 1 fully saturated rings. The predicted octanol–water partition coefficient (Wildman–Crippen LogP) is 4.82. The van der Waals surface area contributed by atoms with Crippen molar-refractivity contribution in [1.29, 1.82) is 0 Å². The summed E-state index contributed by atoms with van der Waals surface area (Å²) in [4.78, 5) is 27.0. The van der Waals surface area contributed by atoms with Crippen molar-refractivity contribution < 1.29 is 9.59 Å². The third-order valence-corrected chi connectivity index (χ3v) is 6.57. The first kappa shape index (κ1) is 21.0. The number of anilines is 2. The van der Waals surface area contributed by atoms with Crippen molar-refractivity contribution >= 4 is 34.6 Å². The fourth-order valence-electron chi connectivity index (χ4n) is 3.58. The Morgan fingerprint density at radius 3 is 2.58 bits per heavy atom. The van der Waals surface area contributed by atoms with E-state index in [2.05, 4.69) is 20.8 Å². The van der Waals surface area contributed by atoms with Gasteiger partial charge in [-0.2, -0.15) is 0 Å². The first-order valence-electron chi connectivity index (χ1n) is 10.3. The number of amides is 3. The van der Waals surface area contributed by atoms with E-state index in [1.54, 1.807) is 0 Å². The van der Waals surface area contributed by atoms with E-state index in [9.17, 15) is 9.59 Å². The highest BCUT2D eigenvalue weighted by Crippen LogP contribution is 2.30. The molecule has 3 amide bonds. The molecule has 8 heteroatoms. The second kappa shape index (κ2) is 9.26. The number of carbonyl (C=O) groups is 2. The Labute approximate surface area is 185 Å². The van der Waals surface area contributed by atoms with Gasteiger partial charge < -0.3 is 15.5 Å². The maximum absolute atomic E-state index is 12.8. The topological polar surface area (TPSA) is 87.2 Å². The molecule has 0 unspecified atom stereocenters. The van der Waals surface area contributed by atoms with E-state index in [1.165, 1.54) is 16.9 Å². The van der Waals surface area contributed by atoms with Gasteiger partial charge in [0.05, 0.1) is 0 Å². The second-order valence-corrected chi connectivity index (χ2v) is 8.79. The molecule has 7 nitrogen and oxygen atoms in total. The Bertz CT molecular complexity index is 1080. The van der Waals surface area contributed by atoms with Crippen LogP contribution in [0.4, 0.5) is 16.2 Å². The maximum atomic E-state index is 12.8. The predicted molar refractivity (Wildman–Crippen MR) is 123 cm³/mol. The summed E-state index contributed by atoms with van der Waals surface area (Å²) in [6.45, 7) is 5.34. The number of aryl methyl sites for hydroxylation is 2. The van der Waals surface area contributed by atoms with Gasteiger partial charge in [0, 0.05) is 30.4 Å². The van der Waals surface area contributed by atoms with Crippen LogP contribution in [0.25, 0.3) is 0 Å². The molecule has 4 rings (SSSR count). The van der Waals surface area contributed by atoms with Crippen LogP contribution in [0.5, 0.6) is 0 Å². The highest BCUT2D eigenvalue weighted by atomic mass is 32.1. The molecule has 1 aromatic heterocycles. The standard InChI is InChI=1S/C23H25N5O2S/c1-15-10-11-19(13-16(15)2)25-23(30)28-12-6-7-17(14-28)21-26-27-22(31-21)20(29)24-18-8-4-3-5-9-18/h3-5,8-11,13,17H,6-7,12,14H2,1-2H3,(H,24,29)(H,25,30)/t17-/m1/s1. The lowest BCUT2D eigenvalue weighted by Gasteiger charge is -2.31. The summed E-state index contributed by atoms with van der Waals surface area (Å²) < 4.78 is 0. The van der Waals surface area contributed by atoms with E-state index in [0.29, 0.717) is 18.1 Å². The van der Waals surface area contributed by atoms with Crippen LogP contribution in [0.2, 0.25) is 0 Å². The zero-order valence-corrected chi connectivity index (χ0v) is 18.4. The lowest BCUT2D eigenvalue weighted by atomic mass is 9.99. The maximum Gasteiger partial charge on any atom is 0.321 e. The van der Waals surface area contributed by atoms with E-state index in [-0.39, 0.29) is 17.9 Å². The molecule has 1 aliphatic rings. The van der Waals surface area contributed by atoms with Crippen molar-refractivity contribution in [3.63, 3.8) is 0 Å². The van der Waals surface area contributed by atoms with E-state index < -0.39 is 0 Å². The number of nitrogens with zero attached hydrogens (tertiary/aromatic N) is 3. The summed E-state index contributed by atoms with van der Waals surface area (Å²) in [5.74, 6) is -0.190. The van der Waals surface area contributed by atoms with Crippen LogP contribution in [-0.2, 0) is 0 Å². The number of para-hydroxylation sites is 1. The van der Waals surface area contributed by atoms with Gasteiger partial charge in [0.25, 0.3) is 5.91 Å². The van der Waals surface area contributed by atoms with Crippen molar-refractivity contribution in [2.75, 3.05) is 23.7 Å². The monoisotopic (exact) mass is 435 g/mol. The van der Waals surface area contributed by atoms with Crippen molar-refractivity contribution in [3.8, 4) is 0 Å². The minimum Gasteiger partial charge on any atom is -0.324 e. The molecule has 1 aliphatic heterocycles. The van der Waals surface area contributed by atoms with Gasteiger partial charge in [-0.1, -0.05) is 35.6 Å². The summed E-state index contributed by atoms with van der Waals surface area (Å²) in [6, 6.07) is 15.1. The molecule has 160 valence electrons. The van der Waals surface area contributed by atoms with Gasteiger partial charge in [-0.05, 0) is 62.1 Å². The molecule has 2 heterocycles. The number of piperidine rings is 1. The number of aromatic nitrogens is 2. The van der Waals surface area contributed by atoms with Crippen LogP contribution in [-0.4, -0.2) is 40.1 Å². The summed E-state index contributed by atoms with van der Waals surface area (Å²) in [6.07, 6.45) is 1.80. The fourth-order valence-corrected chi connectivity index (χ4v) is 4.45. The van der Waals surface area contributed by atoms with Crippen molar-refractivity contribution in [2.45, 2.75) is 32.6 Å². The number of hydrogen-bond acceptors (Lipinski definition) is 5. The average Bonchev–Trinajstić information content (AvgIpc) is 3.28. The van der Waals surface area contributed by atoms with E-state index in [0.717, 1.165) is 34.8 Å². The van der Waals surface area contributed by atoms with Gasteiger partial charge in [-0.25, -0.2) is 4.79 Å².